The van der Waals surface area contributed by atoms with Crippen LogP contribution in [0.4, 0.5) is 0 Å². The average Bonchev–Trinajstić information content (AvgIpc) is 2.48. The van der Waals surface area contributed by atoms with E-state index < -0.39 is 0 Å². The van der Waals surface area contributed by atoms with Gasteiger partial charge in [-0.25, -0.2) is 0 Å². The van der Waals surface area contributed by atoms with Gasteiger partial charge in [0.15, 0.2) is 0 Å². The topological polar surface area (TPSA) is 0 Å². The molecule has 0 unspecified atom stereocenters. The molecule has 19 heavy (non-hydrogen) atoms. The summed E-state index contributed by atoms with van der Waals surface area (Å²) in [5, 5.41) is 2.50. The first-order valence-corrected chi connectivity index (χ1v) is 7.60. The molecule has 0 spiro atoms. The lowest BCUT2D eigenvalue weighted by Gasteiger charge is -2.07. The normalized spacial score (nSPS) is 10.8. The van der Waals surface area contributed by atoms with Crippen molar-refractivity contribution in [1.82, 2.24) is 0 Å². The van der Waals surface area contributed by atoms with Gasteiger partial charge in [-0.3, -0.25) is 0 Å². The Labute approximate surface area is 118 Å². The van der Waals surface area contributed by atoms with E-state index >= 15 is 0 Å². The van der Waals surface area contributed by atoms with Crippen molar-refractivity contribution in [3.63, 3.8) is 0 Å². The third-order valence-electron chi connectivity index (χ3n) is 3.35. The molecule has 3 aromatic rings. The van der Waals surface area contributed by atoms with Crippen molar-refractivity contribution in [2.24, 2.45) is 0 Å². The number of hydrogen-bond donors (Lipinski definition) is 0. The monoisotopic (exact) mass is 263 g/mol. The third kappa shape index (κ3) is 2.66. The smallest absolute Gasteiger partial charge is 0.00693 e. The van der Waals surface area contributed by atoms with Crippen LogP contribution in [0.25, 0.3) is 10.8 Å². The van der Waals surface area contributed by atoms with E-state index in [0.29, 0.717) is 0 Å². The zero-order valence-electron chi connectivity index (χ0n) is 10.9. The number of hydrogen-bond acceptors (Lipinski definition) is 1. The lowest BCUT2D eigenvalue weighted by molar-refractivity contribution is 1.20. The molecule has 0 aliphatic rings. The van der Waals surface area contributed by atoms with Crippen molar-refractivity contribution in [1.29, 1.82) is 0 Å². The molecule has 0 heterocycles. The zero-order valence-corrected chi connectivity index (χ0v) is 11.7. The summed E-state index contributed by atoms with van der Waals surface area (Å²) in [5.74, 6) is 0. The Kier molecular flexibility index (Phi) is 3.56. The van der Waals surface area contributed by atoms with E-state index in [4.69, 9.17) is 0 Å². The summed E-state index contributed by atoms with van der Waals surface area (Å²) in [7, 11) is 0. The van der Waals surface area contributed by atoms with Crippen LogP contribution in [0.2, 0.25) is 0 Å². The Bertz CT molecular complexity index is 678. The number of rotatable bonds is 3. The van der Waals surface area contributed by atoms with Crippen LogP contribution in [0.5, 0.6) is 0 Å². The van der Waals surface area contributed by atoms with E-state index in [2.05, 4.69) is 66.9 Å². The molecule has 0 aromatic heterocycles. The van der Waals surface area contributed by atoms with Crippen molar-refractivity contribution in [3.8, 4) is 0 Å². The molecule has 1 heteroatoms. The highest BCUT2D eigenvalue weighted by atomic mass is 32.2. The molecule has 0 aliphatic carbocycles. The predicted molar refractivity (Wildman–Crippen MR) is 83.8 cm³/mol. The van der Waals surface area contributed by atoms with E-state index in [1.165, 1.54) is 26.8 Å². The minimum Gasteiger partial charge on any atom is -0.130 e. The Hall–Kier alpha value is -1.73. The summed E-state index contributed by atoms with van der Waals surface area (Å²) in [4.78, 5) is 1.31. The van der Waals surface area contributed by atoms with Gasteiger partial charge in [-0.05, 0) is 52.8 Å². The summed E-state index contributed by atoms with van der Waals surface area (Å²) < 4.78 is 0. The molecule has 0 bridgehead atoms. The fraction of sp³-hybridized carbons (Fsp3) is 0.111. The standard InChI is InChI=1S/C18H15S/c1-19-17-11-9-14(10-12-17)13-16-7-4-6-15-5-2-3-8-18(15)16/h2-5,7-12H,13H2,1H3. The van der Waals surface area contributed by atoms with Gasteiger partial charge in [0.25, 0.3) is 0 Å². The first-order chi connectivity index (χ1) is 9.36. The van der Waals surface area contributed by atoms with E-state index in [1.54, 1.807) is 11.8 Å². The molecular formula is C18H15S. The molecule has 0 saturated heterocycles. The Morgan fingerprint density at radius 3 is 2.53 bits per heavy atom. The number of thioether (sulfide) groups is 1. The van der Waals surface area contributed by atoms with E-state index in [1.807, 2.05) is 6.07 Å². The minimum absolute atomic E-state index is 0.976. The molecule has 0 nitrogen and oxygen atoms in total. The van der Waals surface area contributed by atoms with Crippen LogP contribution in [0, 0.1) is 6.07 Å². The highest BCUT2D eigenvalue weighted by Crippen LogP contribution is 2.22. The maximum absolute atomic E-state index is 3.29. The van der Waals surface area contributed by atoms with Crippen LogP contribution in [-0.4, -0.2) is 6.26 Å². The van der Waals surface area contributed by atoms with Crippen LogP contribution in [0.3, 0.4) is 0 Å². The Morgan fingerprint density at radius 2 is 1.74 bits per heavy atom. The summed E-state index contributed by atoms with van der Waals surface area (Å²) >= 11 is 1.78. The van der Waals surface area contributed by atoms with Gasteiger partial charge in [0.2, 0.25) is 0 Å². The number of benzene rings is 3. The van der Waals surface area contributed by atoms with Gasteiger partial charge in [0, 0.05) is 4.90 Å². The predicted octanol–water partition coefficient (Wildman–Crippen LogP) is 4.95. The molecule has 0 aliphatic heterocycles. The summed E-state index contributed by atoms with van der Waals surface area (Å²) in [6, 6.07) is 24.8. The Balaban J connectivity index is 1.96. The molecule has 0 saturated carbocycles. The SMILES string of the molecule is CSc1ccc(Cc2cc[c]c3ccccc23)cc1. The van der Waals surface area contributed by atoms with Crippen LogP contribution in [0.1, 0.15) is 11.1 Å². The average molecular weight is 263 g/mol. The summed E-state index contributed by atoms with van der Waals surface area (Å²) in [6.07, 6.45) is 3.08. The maximum Gasteiger partial charge on any atom is 0.00693 e. The van der Waals surface area contributed by atoms with Gasteiger partial charge in [-0.15, -0.1) is 11.8 Å². The van der Waals surface area contributed by atoms with Crippen molar-refractivity contribution in [2.75, 3.05) is 6.26 Å². The molecule has 3 aromatic carbocycles. The van der Waals surface area contributed by atoms with E-state index in [-0.39, 0.29) is 0 Å². The second kappa shape index (κ2) is 5.50. The van der Waals surface area contributed by atoms with Crippen molar-refractivity contribution < 1.29 is 0 Å². The highest BCUT2D eigenvalue weighted by Gasteiger charge is 2.02. The van der Waals surface area contributed by atoms with Gasteiger partial charge in [0.05, 0.1) is 0 Å². The van der Waals surface area contributed by atoms with E-state index in [9.17, 15) is 0 Å². The summed E-state index contributed by atoms with van der Waals surface area (Å²) in [5.41, 5.74) is 2.72. The second-order valence-corrected chi connectivity index (χ2v) is 5.45. The lowest BCUT2D eigenvalue weighted by atomic mass is 9.99. The highest BCUT2D eigenvalue weighted by molar-refractivity contribution is 7.98. The minimum atomic E-state index is 0.976. The van der Waals surface area contributed by atoms with Gasteiger partial charge < -0.3 is 0 Å². The maximum atomic E-state index is 3.29. The fourth-order valence-electron chi connectivity index (χ4n) is 2.33. The second-order valence-electron chi connectivity index (χ2n) is 4.57. The van der Waals surface area contributed by atoms with Crippen molar-refractivity contribution in [2.45, 2.75) is 11.3 Å². The molecule has 93 valence electrons. The van der Waals surface area contributed by atoms with Gasteiger partial charge in [-0.1, -0.05) is 48.5 Å². The lowest BCUT2D eigenvalue weighted by Crippen LogP contribution is -1.89. The molecule has 0 N–H and O–H groups in total. The number of fused-ring (bicyclic) bond motifs is 1. The van der Waals surface area contributed by atoms with E-state index in [0.717, 1.165) is 6.42 Å². The van der Waals surface area contributed by atoms with Crippen LogP contribution in [-0.2, 0) is 6.42 Å². The molecule has 3 rings (SSSR count). The molecule has 0 amide bonds. The third-order valence-corrected chi connectivity index (χ3v) is 4.09. The zero-order chi connectivity index (χ0) is 13.1. The van der Waals surface area contributed by atoms with Crippen LogP contribution >= 0.6 is 11.8 Å². The molecule has 1 radical (unpaired) electrons. The van der Waals surface area contributed by atoms with Crippen molar-refractivity contribution in [3.05, 3.63) is 77.9 Å². The molecule has 0 fully saturated rings. The molecule has 0 atom stereocenters. The summed E-state index contributed by atoms with van der Waals surface area (Å²) in [6.45, 7) is 0. The van der Waals surface area contributed by atoms with Gasteiger partial charge in [0.1, 0.15) is 0 Å². The molecular weight excluding hydrogens is 248 g/mol. The van der Waals surface area contributed by atoms with Gasteiger partial charge in [-0.2, -0.15) is 0 Å². The first-order valence-electron chi connectivity index (χ1n) is 6.38. The van der Waals surface area contributed by atoms with Crippen molar-refractivity contribution >= 4 is 22.5 Å². The quantitative estimate of drug-likeness (QED) is 0.602. The van der Waals surface area contributed by atoms with Crippen LogP contribution in [0.15, 0.2) is 65.6 Å². The first kappa shape index (κ1) is 12.3. The van der Waals surface area contributed by atoms with Gasteiger partial charge >= 0.3 is 0 Å². The fourth-order valence-corrected chi connectivity index (χ4v) is 2.74. The largest absolute Gasteiger partial charge is 0.130 e. The Morgan fingerprint density at radius 1 is 0.947 bits per heavy atom. The van der Waals surface area contributed by atoms with Crippen LogP contribution < -0.4 is 0 Å².